The molecule has 2 N–H and O–H groups in total. The molecule has 0 aliphatic heterocycles. The first-order valence-corrected chi connectivity index (χ1v) is 9.56. The lowest BCUT2D eigenvalue weighted by molar-refractivity contribution is 0.129. The lowest BCUT2D eigenvalue weighted by Crippen LogP contribution is -2.36. The average Bonchev–Trinajstić information content (AvgIpc) is 3.05. The quantitative estimate of drug-likeness (QED) is 0.568. The van der Waals surface area contributed by atoms with Gasteiger partial charge in [0.05, 0.1) is 18.8 Å². The Bertz CT molecular complexity index is 760. The lowest BCUT2D eigenvalue weighted by Gasteiger charge is -2.23. The summed E-state index contributed by atoms with van der Waals surface area (Å²) in [6.07, 6.45) is 0.863. The Morgan fingerprint density at radius 3 is 2.59 bits per heavy atom. The van der Waals surface area contributed by atoms with E-state index in [0.717, 1.165) is 41.7 Å². The fourth-order valence-corrected chi connectivity index (χ4v) is 2.50. The Kier molecular flexibility index (Phi) is 7.28. The number of ether oxygens (including phenoxy) is 1. The van der Waals surface area contributed by atoms with Crippen LogP contribution in [0.5, 0.6) is 5.75 Å². The molecule has 148 valence electrons. The van der Waals surface area contributed by atoms with Crippen LogP contribution in [0, 0.1) is 6.92 Å². The molecule has 0 spiro atoms. The highest BCUT2D eigenvalue weighted by atomic mass is 16.5. The van der Waals surface area contributed by atoms with Crippen molar-refractivity contribution in [2.24, 2.45) is 4.99 Å². The van der Waals surface area contributed by atoms with Gasteiger partial charge in [-0.3, -0.25) is 0 Å². The Balaban J connectivity index is 2.09. The molecule has 0 fully saturated rings. The van der Waals surface area contributed by atoms with Gasteiger partial charge in [0.1, 0.15) is 11.4 Å². The third-order valence-corrected chi connectivity index (χ3v) is 3.79. The molecule has 0 radical (unpaired) electrons. The minimum atomic E-state index is -0.252. The second kappa shape index (κ2) is 9.44. The van der Waals surface area contributed by atoms with E-state index in [-0.39, 0.29) is 5.60 Å². The van der Waals surface area contributed by atoms with E-state index in [0.29, 0.717) is 13.1 Å². The van der Waals surface area contributed by atoms with Crippen molar-refractivity contribution in [2.75, 3.05) is 6.54 Å². The molecule has 0 saturated carbocycles. The molecule has 0 unspecified atom stereocenters. The molecule has 6 nitrogen and oxygen atoms in total. The molecule has 27 heavy (non-hydrogen) atoms. The third-order valence-electron chi connectivity index (χ3n) is 3.79. The molecular formula is C21H32N4O2. The zero-order chi connectivity index (χ0) is 19.9. The minimum absolute atomic E-state index is 0.252. The Hall–Kier alpha value is -2.50. The molecular weight excluding hydrogens is 340 g/mol. The molecule has 2 aromatic rings. The molecule has 0 aliphatic rings. The van der Waals surface area contributed by atoms with Crippen LogP contribution in [0.4, 0.5) is 0 Å². The van der Waals surface area contributed by atoms with E-state index in [9.17, 15) is 0 Å². The number of aromatic nitrogens is 1. The number of rotatable bonds is 7. The summed E-state index contributed by atoms with van der Waals surface area (Å²) in [6, 6.07) is 8.19. The van der Waals surface area contributed by atoms with Gasteiger partial charge in [-0.05, 0) is 52.7 Å². The van der Waals surface area contributed by atoms with Crippen LogP contribution in [0.25, 0.3) is 0 Å². The zero-order valence-electron chi connectivity index (χ0n) is 17.3. The molecule has 6 heteroatoms. The van der Waals surface area contributed by atoms with Crippen molar-refractivity contribution in [1.29, 1.82) is 0 Å². The van der Waals surface area contributed by atoms with Crippen LogP contribution in [-0.2, 0) is 19.5 Å². The zero-order valence-corrected chi connectivity index (χ0v) is 17.3. The summed E-state index contributed by atoms with van der Waals surface area (Å²) >= 11 is 0. The largest absolute Gasteiger partial charge is 0.488 e. The Morgan fingerprint density at radius 2 is 1.96 bits per heavy atom. The van der Waals surface area contributed by atoms with Gasteiger partial charge in [-0.15, -0.1) is 0 Å². The highest BCUT2D eigenvalue weighted by Gasteiger charge is 2.15. The number of nitrogens with one attached hydrogen (secondary N) is 2. The lowest BCUT2D eigenvalue weighted by atomic mass is 10.1. The van der Waals surface area contributed by atoms with Gasteiger partial charge in [0.2, 0.25) is 0 Å². The highest BCUT2D eigenvalue weighted by Crippen LogP contribution is 2.25. The molecule has 0 amide bonds. The van der Waals surface area contributed by atoms with Crippen LogP contribution in [0.15, 0.2) is 33.8 Å². The first-order valence-electron chi connectivity index (χ1n) is 9.56. The topological polar surface area (TPSA) is 71.7 Å². The van der Waals surface area contributed by atoms with Gasteiger partial charge >= 0.3 is 0 Å². The number of aryl methyl sites for hydroxylation is 2. The predicted octanol–water partition coefficient (Wildman–Crippen LogP) is 3.98. The maximum Gasteiger partial charge on any atom is 0.191 e. The average molecular weight is 373 g/mol. The molecule has 0 bridgehead atoms. The van der Waals surface area contributed by atoms with E-state index in [1.54, 1.807) is 0 Å². The molecule has 1 aromatic heterocycles. The first kappa shape index (κ1) is 20.8. The summed E-state index contributed by atoms with van der Waals surface area (Å²) in [7, 11) is 0. The van der Waals surface area contributed by atoms with E-state index in [1.807, 2.05) is 13.0 Å². The van der Waals surface area contributed by atoms with E-state index >= 15 is 0 Å². The second-order valence-electron chi connectivity index (χ2n) is 7.51. The second-order valence-corrected chi connectivity index (χ2v) is 7.51. The summed E-state index contributed by atoms with van der Waals surface area (Å²) in [6.45, 7) is 14.2. The van der Waals surface area contributed by atoms with Crippen LogP contribution >= 0.6 is 0 Å². The fourth-order valence-electron chi connectivity index (χ4n) is 2.50. The SMILES string of the molecule is CCNC(=NCc1ccc(C)cc1OC(C)(C)C)NCc1cc(CC)no1. The maximum atomic E-state index is 6.12. The number of hydrogen-bond donors (Lipinski definition) is 2. The van der Waals surface area contributed by atoms with Gasteiger partial charge in [-0.25, -0.2) is 4.99 Å². The molecule has 1 aromatic carbocycles. The number of guanidine groups is 1. The van der Waals surface area contributed by atoms with Crippen molar-refractivity contribution in [3.8, 4) is 5.75 Å². The fraction of sp³-hybridized carbons (Fsp3) is 0.524. The number of aliphatic imine (C=N–C) groups is 1. The van der Waals surface area contributed by atoms with Gasteiger partial charge < -0.3 is 19.9 Å². The summed E-state index contributed by atoms with van der Waals surface area (Å²) in [5, 5.41) is 10.6. The van der Waals surface area contributed by atoms with Gasteiger partial charge in [0, 0.05) is 18.2 Å². The molecule has 0 atom stereocenters. The van der Waals surface area contributed by atoms with E-state index in [1.165, 1.54) is 5.56 Å². The van der Waals surface area contributed by atoms with E-state index in [4.69, 9.17) is 14.3 Å². The summed E-state index contributed by atoms with van der Waals surface area (Å²) in [5.41, 5.74) is 2.93. The minimum Gasteiger partial charge on any atom is -0.488 e. The Labute approximate surface area is 162 Å². The number of benzene rings is 1. The summed E-state index contributed by atoms with van der Waals surface area (Å²) in [4.78, 5) is 4.70. The highest BCUT2D eigenvalue weighted by molar-refractivity contribution is 5.79. The smallest absolute Gasteiger partial charge is 0.191 e. The van der Waals surface area contributed by atoms with Crippen molar-refractivity contribution in [3.05, 3.63) is 46.8 Å². The van der Waals surface area contributed by atoms with Crippen LogP contribution < -0.4 is 15.4 Å². The molecule has 2 rings (SSSR count). The van der Waals surface area contributed by atoms with Crippen molar-refractivity contribution in [2.45, 2.75) is 66.7 Å². The number of hydrogen-bond acceptors (Lipinski definition) is 4. The summed E-state index contributed by atoms with van der Waals surface area (Å²) < 4.78 is 11.4. The van der Waals surface area contributed by atoms with E-state index in [2.05, 4.69) is 68.6 Å². The van der Waals surface area contributed by atoms with Crippen LogP contribution in [-0.4, -0.2) is 23.3 Å². The van der Waals surface area contributed by atoms with Gasteiger partial charge in [-0.2, -0.15) is 0 Å². The van der Waals surface area contributed by atoms with Crippen molar-refractivity contribution >= 4 is 5.96 Å². The van der Waals surface area contributed by atoms with Gasteiger partial charge in [-0.1, -0.05) is 24.2 Å². The van der Waals surface area contributed by atoms with Crippen LogP contribution in [0.3, 0.4) is 0 Å². The third kappa shape index (κ3) is 6.96. The summed E-state index contributed by atoms with van der Waals surface area (Å²) in [5.74, 6) is 2.41. The normalized spacial score (nSPS) is 12.1. The van der Waals surface area contributed by atoms with Crippen LogP contribution in [0.1, 0.15) is 57.2 Å². The van der Waals surface area contributed by atoms with Gasteiger partial charge in [0.25, 0.3) is 0 Å². The van der Waals surface area contributed by atoms with Crippen LogP contribution in [0.2, 0.25) is 0 Å². The molecule has 0 saturated heterocycles. The molecule has 0 aliphatic carbocycles. The Morgan fingerprint density at radius 1 is 1.19 bits per heavy atom. The van der Waals surface area contributed by atoms with Crippen molar-refractivity contribution in [1.82, 2.24) is 15.8 Å². The van der Waals surface area contributed by atoms with Crippen molar-refractivity contribution < 1.29 is 9.26 Å². The standard InChI is InChI=1S/C21H32N4O2/c1-7-17-12-18(27-25-17)14-24-20(22-8-2)23-13-16-10-9-15(3)11-19(16)26-21(4,5)6/h9-12H,7-8,13-14H2,1-6H3,(H2,22,23,24). The van der Waals surface area contributed by atoms with E-state index < -0.39 is 0 Å². The molecule has 1 heterocycles. The van der Waals surface area contributed by atoms with Gasteiger partial charge in [0.15, 0.2) is 11.7 Å². The maximum absolute atomic E-state index is 6.12. The van der Waals surface area contributed by atoms with Crippen molar-refractivity contribution in [3.63, 3.8) is 0 Å². The first-order chi connectivity index (χ1) is 12.8. The number of nitrogens with zero attached hydrogens (tertiary/aromatic N) is 2. The predicted molar refractivity (Wildman–Crippen MR) is 109 cm³/mol. The monoisotopic (exact) mass is 372 g/mol.